The van der Waals surface area contributed by atoms with Crippen molar-refractivity contribution in [3.8, 4) is 17.2 Å². The van der Waals surface area contributed by atoms with Gasteiger partial charge in [0, 0.05) is 30.4 Å². The summed E-state index contributed by atoms with van der Waals surface area (Å²) >= 11 is 0. The van der Waals surface area contributed by atoms with Crippen LogP contribution in [0.1, 0.15) is 37.4 Å². The van der Waals surface area contributed by atoms with Crippen molar-refractivity contribution in [3.05, 3.63) is 83.9 Å². The Kier molecular flexibility index (Phi) is 7.82. The van der Waals surface area contributed by atoms with Crippen molar-refractivity contribution in [1.29, 1.82) is 0 Å². The van der Waals surface area contributed by atoms with Crippen LogP contribution in [0.4, 0.5) is 11.4 Å². The van der Waals surface area contributed by atoms with Gasteiger partial charge in [0.05, 0.1) is 27.4 Å². The summed E-state index contributed by atoms with van der Waals surface area (Å²) in [5.74, 6) is 1.32. The lowest BCUT2D eigenvalue weighted by Crippen LogP contribution is -2.47. The molecule has 2 amide bonds. The van der Waals surface area contributed by atoms with Gasteiger partial charge in [-0.2, -0.15) is 0 Å². The topological polar surface area (TPSA) is 68.3 Å². The molecule has 1 heterocycles. The first-order valence-corrected chi connectivity index (χ1v) is 12.1. The molecule has 3 aromatic carbocycles. The number of methoxy groups -OCH3 is 3. The normalized spacial score (nSPS) is 16.7. The Morgan fingerprint density at radius 2 is 1.54 bits per heavy atom. The first-order valence-electron chi connectivity index (χ1n) is 12.1. The molecule has 0 saturated carbocycles. The van der Waals surface area contributed by atoms with Crippen LogP contribution in [-0.2, 0) is 9.59 Å². The van der Waals surface area contributed by atoms with Crippen LogP contribution in [0.25, 0.3) is 6.08 Å². The van der Waals surface area contributed by atoms with E-state index >= 15 is 0 Å². The zero-order valence-corrected chi connectivity index (χ0v) is 21.8. The van der Waals surface area contributed by atoms with Crippen molar-refractivity contribution in [2.45, 2.75) is 32.4 Å². The summed E-state index contributed by atoms with van der Waals surface area (Å²) in [6.45, 7) is 3.59. The quantitative estimate of drug-likeness (QED) is 0.393. The molecule has 0 N–H and O–H groups in total. The number of carbonyl (C=O) groups excluding carboxylic acids is 2. The summed E-state index contributed by atoms with van der Waals surface area (Å²) in [5, 5.41) is 0. The maximum absolute atomic E-state index is 13.5. The van der Waals surface area contributed by atoms with E-state index in [0.29, 0.717) is 23.7 Å². The Balaban J connectivity index is 1.68. The second-order valence-electron chi connectivity index (χ2n) is 8.88. The van der Waals surface area contributed by atoms with Crippen LogP contribution >= 0.6 is 0 Å². The number of para-hydroxylation sites is 2. The van der Waals surface area contributed by atoms with Crippen LogP contribution in [0, 0.1) is 0 Å². The third kappa shape index (κ3) is 5.16. The van der Waals surface area contributed by atoms with Crippen molar-refractivity contribution in [2.24, 2.45) is 0 Å². The number of fused-ring (bicyclic) bond motifs is 1. The van der Waals surface area contributed by atoms with E-state index in [9.17, 15) is 9.59 Å². The van der Waals surface area contributed by atoms with Crippen molar-refractivity contribution in [3.63, 3.8) is 0 Å². The van der Waals surface area contributed by atoms with Gasteiger partial charge in [-0.15, -0.1) is 0 Å². The smallest absolute Gasteiger partial charge is 0.251 e. The third-order valence-electron chi connectivity index (χ3n) is 6.59. The first kappa shape index (κ1) is 25.8. The number of nitrogens with zero attached hydrogens (tertiary/aromatic N) is 2. The average Bonchev–Trinajstić information content (AvgIpc) is 2.91. The molecule has 37 heavy (non-hydrogen) atoms. The molecule has 7 nitrogen and oxygen atoms in total. The molecule has 1 aliphatic rings. The third-order valence-corrected chi connectivity index (χ3v) is 6.59. The lowest BCUT2D eigenvalue weighted by Gasteiger charge is -2.43. The fraction of sp³-hybridized carbons (Fsp3) is 0.267. The fourth-order valence-corrected chi connectivity index (χ4v) is 4.98. The van der Waals surface area contributed by atoms with Gasteiger partial charge in [-0.05, 0) is 60.9 Å². The van der Waals surface area contributed by atoms with E-state index in [0.717, 1.165) is 22.5 Å². The molecule has 0 spiro atoms. The van der Waals surface area contributed by atoms with Gasteiger partial charge < -0.3 is 24.0 Å². The van der Waals surface area contributed by atoms with Crippen LogP contribution < -0.4 is 24.0 Å². The van der Waals surface area contributed by atoms with E-state index in [1.807, 2.05) is 66.4 Å². The SMILES string of the molecule is COc1cc(/C=C/C(=O)N2c3ccccc3[C@H](N(C(C)=O)c3ccccc3)C[C@@H]2C)cc(OC)c1OC. The summed E-state index contributed by atoms with van der Waals surface area (Å²) in [5.41, 5.74) is 3.32. The molecular weight excluding hydrogens is 468 g/mol. The van der Waals surface area contributed by atoms with Crippen molar-refractivity contribution < 1.29 is 23.8 Å². The Morgan fingerprint density at radius 1 is 0.919 bits per heavy atom. The summed E-state index contributed by atoms with van der Waals surface area (Å²) < 4.78 is 16.2. The van der Waals surface area contributed by atoms with Gasteiger partial charge in [-0.3, -0.25) is 9.59 Å². The van der Waals surface area contributed by atoms with Gasteiger partial charge in [-0.1, -0.05) is 36.4 Å². The average molecular weight is 501 g/mol. The van der Waals surface area contributed by atoms with E-state index in [4.69, 9.17) is 14.2 Å². The molecule has 7 heteroatoms. The molecule has 0 saturated heterocycles. The van der Waals surface area contributed by atoms with Crippen LogP contribution in [0.2, 0.25) is 0 Å². The highest BCUT2D eigenvalue weighted by molar-refractivity contribution is 6.05. The molecule has 0 unspecified atom stereocenters. The summed E-state index contributed by atoms with van der Waals surface area (Å²) in [7, 11) is 4.66. The summed E-state index contributed by atoms with van der Waals surface area (Å²) in [6.07, 6.45) is 3.89. The highest BCUT2D eigenvalue weighted by atomic mass is 16.5. The van der Waals surface area contributed by atoms with Gasteiger partial charge in [-0.25, -0.2) is 0 Å². The molecule has 1 aliphatic heterocycles. The largest absolute Gasteiger partial charge is 0.493 e. The van der Waals surface area contributed by atoms with Crippen LogP contribution in [0.3, 0.4) is 0 Å². The van der Waals surface area contributed by atoms with E-state index in [1.165, 1.54) is 0 Å². The van der Waals surface area contributed by atoms with E-state index in [-0.39, 0.29) is 23.9 Å². The lowest BCUT2D eigenvalue weighted by molar-refractivity contribution is -0.117. The van der Waals surface area contributed by atoms with Gasteiger partial charge in [0.25, 0.3) is 5.91 Å². The molecular formula is C30H32N2O5. The van der Waals surface area contributed by atoms with Gasteiger partial charge in [0.15, 0.2) is 11.5 Å². The molecule has 4 rings (SSSR count). The predicted molar refractivity (Wildman–Crippen MR) is 145 cm³/mol. The minimum atomic E-state index is -0.186. The molecule has 0 aromatic heterocycles. The predicted octanol–water partition coefficient (Wildman–Crippen LogP) is 5.65. The maximum atomic E-state index is 13.5. The number of carbonyl (C=O) groups is 2. The maximum Gasteiger partial charge on any atom is 0.251 e. The van der Waals surface area contributed by atoms with E-state index in [2.05, 4.69) is 0 Å². The van der Waals surface area contributed by atoms with Crippen LogP contribution in [-0.4, -0.2) is 39.2 Å². The highest BCUT2D eigenvalue weighted by Gasteiger charge is 2.37. The molecule has 0 bridgehead atoms. The number of ether oxygens (including phenoxy) is 3. The van der Waals surface area contributed by atoms with Crippen molar-refractivity contribution in [1.82, 2.24) is 0 Å². The molecule has 192 valence electrons. The second-order valence-corrected chi connectivity index (χ2v) is 8.88. The molecule has 0 fully saturated rings. The first-order chi connectivity index (χ1) is 17.9. The number of benzene rings is 3. The van der Waals surface area contributed by atoms with Crippen molar-refractivity contribution >= 4 is 29.3 Å². The molecule has 2 atom stereocenters. The number of hydrogen-bond donors (Lipinski definition) is 0. The minimum absolute atomic E-state index is 0.0414. The number of hydrogen-bond acceptors (Lipinski definition) is 5. The zero-order valence-electron chi connectivity index (χ0n) is 21.8. The standard InChI is InChI=1S/C30H32N2O5/c1-20-17-26(32(21(2)33)23-11-7-6-8-12-23)24-13-9-10-14-25(24)31(20)29(34)16-15-22-18-27(35-3)30(37-5)28(19-22)36-4/h6-16,18-20,26H,17H2,1-5H3/b16-15+/t20-,26+/m0/s1. The highest BCUT2D eigenvalue weighted by Crippen LogP contribution is 2.42. The van der Waals surface area contributed by atoms with Crippen molar-refractivity contribution in [2.75, 3.05) is 31.1 Å². The summed E-state index contributed by atoms with van der Waals surface area (Å²) in [4.78, 5) is 29.9. The van der Waals surface area contributed by atoms with Gasteiger partial charge >= 0.3 is 0 Å². The fourth-order valence-electron chi connectivity index (χ4n) is 4.98. The molecule has 0 aliphatic carbocycles. The Morgan fingerprint density at radius 3 is 2.14 bits per heavy atom. The minimum Gasteiger partial charge on any atom is -0.493 e. The molecule has 0 radical (unpaired) electrons. The monoisotopic (exact) mass is 500 g/mol. The number of amides is 2. The molecule has 3 aromatic rings. The second kappa shape index (κ2) is 11.2. The van der Waals surface area contributed by atoms with E-state index in [1.54, 1.807) is 57.4 Å². The Hall–Kier alpha value is -4.26. The van der Waals surface area contributed by atoms with Crippen LogP contribution in [0.15, 0.2) is 72.8 Å². The Bertz CT molecular complexity index is 1280. The van der Waals surface area contributed by atoms with E-state index < -0.39 is 0 Å². The number of anilines is 2. The Labute approximate surface area is 217 Å². The van der Waals surface area contributed by atoms with Gasteiger partial charge in [0.1, 0.15) is 0 Å². The summed E-state index contributed by atoms with van der Waals surface area (Å²) in [6, 6.07) is 20.7. The zero-order chi connectivity index (χ0) is 26.5. The van der Waals surface area contributed by atoms with Crippen LogP contribution in [0.5, 0.6) is 17.2 Å². The van der Waals surface area contributed by atoms with Gasteiger partial charge in [0.2, 0.25) is 11.7 Å². The lowest BCUT2D eigenvalue weighted by atomic mass is 9.89. The number of rotatable bonds is 7.